The van der Waals surface area contributed by atoms with Gasteiger partial charge in [0.15, 0.2) is 11.5 Å². The Morgan fingerprint density at radius 1 is 1.27 bits per heavy atom. The van der Waals surface area contributed by atoms with E-state index in [1.54, 1.807) is 0 Å². The lowest BCUT2D eigenvalue weighted by Crippen LogP contribution is -2.56. The highest BCUT2D eigenvalue weighted by Crippen LogP contribution is 2.31. The van der Waals surface area contributed by atoms with Crippen molar-refractivity contribution in [1.82, 2.24) is 24.6 Å². The zero-order valence-corrected chi connectivity index (χ0v) is 11.1. The molecule has 10 heteroatoms. The van der Waals surface area contributed by atoms with E-state index in [0.717, 1.165) is 12.3 Å². The fraction of sp³-hybridized carbons (Fsp3) is 0.333. The van der Waals surface area contributed by atoms with Crippen LogP contribution < -0.4 is 10.6 Å². The van der Waals surface area contributed by atoms with Gasteiger partial charge in [-0.2, -0.15) is 13.2 Å². The molecule has 2 N–H and O–H groups in total. The lowest BCUT2D eigenvalue weighted by atomic mass is 10.1. The predicted molar refractivity (Wildman–Crippen MR) is 71.3 cm³/mol. The minimum absolute atomic E-state index is 0.0565. The monoisotopic (exact) mass is 309 g/mol. The molecule has 1 fully saturated rings. The minimum atomic E-state index is -4.47. The Labute approximate surface area is 121 Å². The summed E-state index contributed by atoms with van der Waals surface area (Å²) in [5.41, 5.74) is 5.72. The van der Waals surface area contributed by atoms with Crippen molar-refractivity contribution < 1.29 is 13.2 Å². The van der Waals surface area contributed by atoms with E-state index in [-0.39, 0.29) is 17.2 Å². The maximum atomic E-state index is 12.8. The average Bonchev–Trinajstić information content (AvgIpc) is 2.91. The normalized spacial score (nSPS) is 16.5. The van der Waals surface area contributed by atoms with Crippen LogP contribution in [-0.2, 0) is 6.18 Å². The molecule has 0 amide bonds. The molecular formula is C12H10F3N7. The van der Waals surface area contributed by atoms with Gasteiger partial charge in [-0.3, -0.25) is 4.40 Å². The number of alkyl halides is 3. The number of anilines is 1. The number of fused-ring (bicyclic) bond motifs is 3. The van der Waals surface area contributed by atoms with Crippen molar-refractivity contribution in [3.63, 3.8) is 0 Å². The van der Waals surface area contributed by atoms with Crippen LogP contribution in [0, 0.1) is 0 Å². The summed E-state index contributed by atoms with van der Waals surface area (Å²) in [6.45, 7) is 1.23. The molecule has 0 unspecified atom stereocenters. The number of nitrogens with two attached hydrogens (primary N) is 1. The quantitative estimate of drug-likeness (QED) is 0.717. The van der Waals surface area contributed by atoms with Gasteiger partial charge in [-0.15, -0.1) is 10.2 Å². The zero-order chi connectivity index (χ0) is 15.5. The minimum Gasteiger partial charge on any atom is -0.350 e. The average molecular weight is 309 g/mol. The predicted octanol–water partition coefficient (Wildman–Crippen LogP) is 0.839. The number of nitrogens with zero attached hydrogens (tertiary/aromatic N) is 6. The molecule has 114 valence electrons. The van der Waals surface area contributed by atoms with Crippen molar-refractivity contribution in [2.24, 2.45) is 5.73 Å². The summed E-state index contributed by atoms with van der Waals surface area (Å²) in [6.07, 6.45) is -2.34. The third kappa shape index (κ3) is 1.87. The zero-order valence-electron chi connectivity index (χ0n) is 11.1. The Kier molecular flexibility index (Phi) is 2.55. The number of pyridine rings is 1. The van der Waals surface area contributed by atoms with Crippen molar-refractivity contribution in [1.29, 1.82) is 0 Å². The summed E-state index contributed by atoms with van der Waals surface area (Å²) in [6, 6.07) is 1.05. The Hall–Kier alpha value is -2.49. The highest BCUT2D eigenvalue weighted by Gasteiger charge is 2.32. The van der Waals surface area contributed by atoms with Gasteiger partial charge in [0.25, 0.3) is 0 Å². The number of halogens is 3. The largest absolute Gasteiger partial charge is 0.417 e. The van der Waals surface area contributed by atoms with Crippen LogP contribution in [0.5, 0.6) is 0 Å². The maximum Gasteiger partial charge on any atom is 0.417 e. The fourth-order valence-electron chi connectivity index (χ4n) is 2.48. The number of aromatic nitrogens is 5. The smallest absolute Gasteiger partial charge is 0.350 e. The van der Waals surface area contributed by atoms with E-state index < -0.39 is 11.7 Å². The number of hydrogen-bond acceptors (Lipinski definition) is 6. The summed E-state index contributed by atoms with van der Waals surface area (Å²) in [7, 11) is 0. The third-order valence-corrected chi connectivity index (χ3v) is 3.60. The molecule has 4 heterocycles. The van der Waals surface area contributed by atoms with Gasteiger partial charge in [-0.1, -0.05) is 0 Å². The molecular weight excluding hydrogens is 299 g/mol. The van der Waals surface area contributed by atoms with Gasteiger partial charge >= 0.3 is 6.18 Å². The summed E-state index contributed by atoms with van der Waals surface area (Å²) in [5.74, 6) is 0.527. The standard InChI is InChI=1S/C12H10F3N7/c13-12(14,15)6-1-8-9(17-2-6)19-10(21-3-7(16)4-21)11-20-18-5-22(8)11/h1-2,5,7H,3-4,16H2. The Morgan fingerprint density at radius 3 is 2.73 bits per heavy atom. The molecule has 0 spiro atoms. The van der Waals surface area contributed by atoms with Crippen LogP contribution >= 0.6 is 0 Å². The van der Waals surface area contributed by atoms with Gasteiger partial charge in [0.2, 0.25) is 5.65 Å². The molecule has 4 rings (SSSR count). The highest BCUT2D eigenvalue weighted by molar-refractivity contribution is 5.81. The van der Waals surface area contributed by atoms with Crippen molar-refractivity contribution in [2.45, 2.75) is 12.2 Å². The third-order valence-electron chi connectivity index (χ3n) is 3.60. The summed E-state index contributed by atoms with van der Waals surface area (Å²) >= 11 is 0. The van der Waals surface area contributed by atoms with Crippen molar-refractivity contribution in [3.8, 4) is 0 Å². The van der Waals surface area contributed by atoms with E-state index in [1.165, 1.54) is 10.7 Å². The molecule has 3 aromatic heterocycles. The first kappa shape index (κ1) is 13.2. The second kappa shape index (κ2) is 4.26. The highest BCUT2D eigenvalue weighted by atomic mass is 19.4. The van der Waals surface area contributed by atoms with Crippen molar-refractivity contribution >= 4 is 22.6 Å². The molecule has 1 aliphatic heterocycles. The van der Waals surface area contributed by atoms with Crippen LogP contribution in [0.4, 0.5) is 19.0 Å². The van der Waals surface area contributed by atoms with E-state index in [0.29, 0.717) is 24.6 Å². The first-order valence-electron chi connectivity index (χ1n) is 6.51. The molecule has 3 aromatic rings. The van der Waals surface area contributed by atoms with Crippen LogP contribution in [0.1, 0.15) is 5.56 Å². The first-order chi connectivity index (χ1) is 10.4. The van der Waals surface area contributed by atoms with Gasteiger partial charge in [-0.25, -0.2) is 9.97 Å². The van der Waals surface area contributed by atoms with Crippen LogP contribution in [0.15, 0.2) is 18.6 Å². The second-order valence-electron chi connectivity index (χ2n) is 5.19. The van der Waals surface area contributed by atoms with Crippen LogP contribution in [0.3, 0.4) is 0 Å². The van der Waals surface area contributed by atoms with Gasteiger partial charge < -0.3 is 10.6 Å². The summed E-state index contributed by atoms with van der Waals surface area (Å²) in [4.78, 5) is 10.1. The SMILES string of the molecule is NC1CN(c2nc3ncc(C(F)(F)F)cc3n3cnnc23)C1. The van der Waals surface area contributed by atoms with E-state index in [4.69, 9.17) is 5.73 Å². The van der Waals surface area contributed by atoms with Crippen molar-refractivity contribution in [2.75, 3.05) is 18.0 Å². The van der Waals surface area contributed by atoms with Gasteiger partial charge in [0.05, 0.1) is 11.1 Å². The Bertz CT molecular complexity index is 866. The van der Waals surface area contributed by atoms with E-state index >= 15 is 0 Å². The lowest BCUT2D eigenvalue weighted by Gasteiger charge is -2.37. The topological polar surface area (TPSA) is 85.2 Å². The van der Waals surface area contributed by atoms with Crippen LogP contribution in [0.2, 0.25) is 0 Å². The second-order valence-corrected chi connectivity index (χ2v) is 5.19. The van der Waals surface area contributed by atoms with E-state index in [2.05, 4.69) is 20.2 Å². The van der Waals surface area contributed by atoms with Crippen LogP contribution in [0.25, 0.3) is 16.8 Å². The lowest BCUT2D eigenvalue weighted by molar-refractivity contribution is -0.137. The molecule has 1 aliphatic rings. The molecule has 0 aromatic carbocycles. The molecule has 7 nitrogen and oxygen atoms in total. The van der Waals surface area contributed by atoms with Gasteiger partial charge in [0.1, 0.15) is 6.33 Å². The molecule has 1 saturated heterocycles. The number of rotatable bonds is 1. The van der Waals surface area contributed by atoms with Gasteiger partial charge in [0, 0.05) is 25.3 Å². The van der Waals surface area contributed by atoms with Gasteiger partial charge in [-0.05, 0) is 6.07 Å². The molecule has 0 atom stereocenters. The fourth-order valence-corrected chi connectivity index (χ4v) is 2.48. The van der Waals surface area contributed by atoms with Crippen molar-refractivity contribution in [3.05, 3.63) is 24.2 Å². The van der Waals surface area contributed by atoms with E-state index in [9.17, 15) is 13.2 Å². The summed E-state index contributed by atoms with van der Waals surface area (Å²) < 4.78 is 40.0. The molecule has 0 radical (unpaired) electrons. The first-order valence-corrected chi connectivity index (χ1v) is 6.51. The molecule has 22 heavy (non-hydrogen) atoms. The summed E-state index contributed by atoms with van der Waals surface area (Å²) in [5, 5.41) is 7.72. The Balaban J connectivity index is 1.95. The number of hydrogen-bond donors (Lipinski definition) is 1. The van der Waals surface area contributed by atoms with E-state index in [1.807, 2.05) is 4.90 Å². The molecule has 0 bridgehead atoms. The Morgan fingerprint density at radius 2 is 2.05 bits per heavy atom. The van der Waals surface area contributed by atoms with Crippen LogP contribution in [-0.4, -0.2) is 43.7 Å². The molecule has 0 aliphatic carbocycles. The molecule has 0 saturated carbocycles. The maximum absolute atomic E-state index is 12.8.